The minimum atomic E-state index is 0. The normalized spacial score (nSPS) is 12.3. The molecule has 1 aromatic carbocycles. The molecule has 1 N–H and O–H groups in total. The fourth-order valence-electron chi connectivity index (χ4n) is 2.72. The van der Waals surface area contributed by atoms with Gasteiger partial charge in [0.25, 0.3) is 0 Å². The summed E-state index contributed by atoms with van der Waals surface area (Å²) in [5.74, 6) is 0.848. The SMILES string of the molecule is CN=C(NCc1ccc(N(C)C)cc1C)N(C)Cc1csc(C(C)OC)n1.I. The van der Waals surface area contributed by atoms with Gasteiger partial charge in [-0.1, -0.05) is 6.07 Å². The molecule has 1 heterocycles. The van der Waals surface area contributed by atoms with Crippen LogP contribution >= 0.6 is 35.3 Å². The number of guanidine groups is 1. The van der Waals surface area contributed by atoms with Crippen molar-refractivity contribution < 1.29 is 4.74 Å². The maximum absolute atomic E-state index is 5.34. The first-order valence-corrected chi connectivity index (χ1v) is 9.89. The minimum Gasteiger partial charge on any atom is -0.378 e. The summed E-state index contributed by atoms with van der Waals surface area (Å²) in [6.07, 6.45) is 0.0274. The molecule has 0 bridgehead atoms. The van der Waals surface area contributed by atoms with Gasteiger partial charge in [-0.05, 0) is 37.1 Å². The van der Waals surface area contributed by atoms with Gasteiger partial charge in [0.05, 0.1) is 12.2 Å². The Balaban J connectivity index is 0.00000392. The number of anilines is 1. The first-order chi connectivity index (χ1) is 12.8. The Morgan fingerprint density at radius 1 is 1.32 bits per heavy atom. The fraction of sp³-hybridized carbons (Fsp3) is 0.500. The average molecular weight is 517 g/mol. The Bertz CT molecular complexity index is 778. The van der Waals surface area contributed by atoms with Gasteiger partial charge in [0, 0.05) is 52.9 Å². The highest BCUT2D eigenvalue weighted by Gasteiger charge is 2.13. The van der Waals surface area contributed by atoms with Crippen LogP contribution in [0.5, 0.6) is 0 Å². The number of hydrogen-bond donors (Lipinski definition) is 1. The number of nitrogens with one attached hydrogen (secondary N) is 1. The zero-order valence-electron chi connectivity index (χ0n) is 17.8. The van der Waals surface area contributed by atoms with Crippen LogP contribution in [0.2, 0.25) is 0 Å². The van der Waals surface area contributed by atoms with Gasteiger partial charge in [0.2, 0.25) is 0 Å². The first kappa shape index (κ1) is 24.6. The predicted octanol–water partition coefficient (Wildman–Crippen LogP) is 4.05. The Hall–Kier alpha value is -1.39. The molecular formula is C20H32IN5OS. The van der Waals surface area contributed by atoms with Crippen molar-refractivity contribution in [1.82, 2.24) is 15.2 Å². The molecule has 0 aliphatic rings. The maximum atomic E-state index is 5.34. The van der Waals surface area contributed by atoms with Gasteiger partial charge >= 0.3 is 0 Å². The van der Waals surface area contributed by atoms with Crippen LogP contribution in [0.15, 0.2) is 28.6 Å². The lowest BCUT2D eigenvalue weighted by Crippen LogP contribution is -2.38. The Morgan fingerprint density at radius 3 is 2.61 bits per heavy atom. The Labute approximate surface area is 190 Å². The van der Waals surface area contributed by atoms with Crippen molar-refractivity contribution in [2.75, 3.05) is 40.2 Å². The highest BCUT2D eigenvalue weighted by Crippen LogP contribution is 2.21. The molecule has 0 aliphatic carbocycles. The standard InChI is InChI=1S/C20H31N5OS.HI/c1-14-10-18(24(4)5)9-8-16(14)11-22-20(21-3)25(6)12-17-13-27-19(23-17)15(2)26-7;/h8-10,13,15H,11-12H2,1-7H3,(H,21,22);1H. The summed E-state index contributed by atoms with van der Waals surface area (Å²) in [6, 6.07) is 6.52. The molecule has 8 heteroatoms. The Morgan fingerprint density at radius 2 is 2.04 bits per heavy atom. The van der Waals surface area contributed by atoms with Crippen LogP contribution in [-0.4, -0.2) is 51.1 Å². The fourth-order valence-corrected chi connectivity index (χ4v) is 3.56. The third-order valence-corrected chi connectivity index (χ3v) is 5.58. The van der Waals surface area contributed by atoms with Crippen LogP contribution in [0.3, 0.4) is 0 Å². The molecule has 2 aromatic rings. The van der Waals surface area contributed by atoms with Crippen molar-refractivity contribution in [3.8, 4) is 0 Å². The van der Waals surface area contributed by atoms with Crippen molar-refractivity contribution in [2.24, 2.45) is 4.99 Å². The number of hydrogen-bond acceptors (Lipinski definition) is 5. The van der Waals surface area contributed by atoms with Gasteiger partial charge in [-0.3, -0.25) is 4.99 Å². The third kappa shape index (κ3) is 6.59. The molecule has 0 saturated heterocycles. The van der Waals surface area contributed by atoms with E-state index in [4.69, 9.17) is 4.74 Å². The van der Waals surface area contributed by atoms with Crippen LogP contribution in [0, 0.1) is 6.92 Å². The molecule has 1 unspecified atom stereocenters. The van der Waals surface area contributed by atoms with Gasteiger partial charge in [0.1, 0.15) is 11.1 Å². The topological polar surface area (TPSA) is 53.0 Å². The number of rotatable bonds is 7. The maximum Gasteiger partial charge on any atom is 0.194 e. The summed E-state index contributed by atoms with van der Waals surface area (Å²) in [7, 11) is 9.65. The van der Waals surface area contributed by atoms with Gasteiger partial charge in [-0.25, -0.2) is 4.98 Å². The van der Waals surface area contributed by atoms with Crippen LogP contribution in [0.1, 0.15) is 34.9 Å². The lowest BCUT2D eigenvalue weighted by molar-refractivity contribution is 0.119. The van der Waals surface area contributed by atoms with Crippen LogP contribution in [0.4, 0.5) is 5.69 Å². The van der Waals surface area contributed by atoms with E-state index in [1.165, 1.54) is 16.8 Å². The molecule has 1 aromatic heterocycles. The van der Waals surface area contributed by atoms with E-state index in [1.807, 2.05) is 14.0 Å². The molecule has 0 radical (unpaired) electrons. The molecular weight excluding hydrogens is 485 g/mol. The van der Waals surface area contributed by atoms with Crippen molar-refractivity contribution >= 4 is 47.0 Å². The van der Waals surface area contributed by atoms with Crippen molar-refractivity contribution in [3.63, 3.8) is 0 Å². The summed E-state index contributed by atoms with van der Waals surface area (Å²) in [4.78, 5) is 13.3. The number of halogens is 1. The highest BCUT2D eigenvalue weighted by atomic mass is 127. The van der Waals surface area contributed by atoms with Gasteiger partial charge in [-0.15, -0.1) is 35.3 Å². The number of aryl methyl sites for hydroxylation is 1. The summed E-state index contributed by atoms with van der Waals surface area (Å²) in [5.41, 5.74) is 4.77. The van der Waals surface area contributed by atoms with Crippen molar-refractivity contribution in [2.45, 2.75) is 33.0 Å². The average Bonchev–Trinajstić information content (AvgIpc) is 3.10. The number of thiazole rings is 1. The zero-order valence-corrected chi connectivity index (χ0v) is 21.0. The van der Waals surface area contributed by atoms with E-state index in [0.29, 0.717) is 6.54 Å². The van der Waals surface area contributed by atoms with E-state index in [9.17, 15) is 0 Å². The lowest BCUT2D eigenvalue weighted by atomic mass is 10.1. The largest absolute Gasteiger partial charge is 0.378 e. The second-order valence-electron chi connectivity index (χ2n) is 6.82. The molecule has 0 aliphatic heterocycles. The van der Waals surface area contributed by atoms with Crippen molar-refractivity contribution in [3.05, 3.63) is 45.4 Å². The second-order valence-corrected chi connectivity index (χ2v) is 7.71. The van der Waals surface area contributed by atoms with E-state index in [-0.39, 0.29) is 30.1 Å². The predicted molar refractivity (Wildman–Crippen MR) is 130 cm³/mol. The highest BCUT2D eigenvalue weighted by molar-refractivity contribution is 14.0. The number of methoxy groups -OCH3 is 1. The van der Waals surface area contributed by atoms with Gasteiger partial charge in [0.15, 0.2) is 5.96 Å². The second kappa shape index (κ2) is 11.6. The van der Waals surface area contributed by atoms with E-state index in [2.05, 4.69) is 69.7 Å². The smallest absolute Gasteiger partial charge is 0.194 e. The van der Waals surface area contributed by atoms with Crippen LogP contribution in [0.25, 0.3) is 0 Å². The Kier molecular flexibility index (Phi) is 10.2. The number of benzene rings is 1. The molecule has 0 saturated carbocycles. The minimum absolute atomic E-state index is 0. The monoisotopic (exact) mass is 517 g/mol. The summed E-state index contributed by atoms with van der Waals surface area (Å²) >= 11 is 1.63. The molecule has 0 spiro atoms. The molecule has 0 amide bonds. The number of ether oxygens (including phenoxy) is 1. The number of aliphatic imine (C=N–C) groups is 1. The molecule has 6 nitrogen and oxygen atoms in total. The van der Waals surface area contributed by atoms with Gasteiger partial charge in [-0.2, -0.15) is 0 Å². The van der Waals surface area contributed by atoms with Crippen molar-refractivity contribution in [1.29, 1.82) is 0 Å². The van der Waals surface area contributed by atoms with E-state index in [0.717, 1.165) is 23.2 Å². The summed E-state index contributed by atoms with van der Waals surface area (Å²) in [6.45, 7) is 5.59. The number of nitrogens with zero attached hydrogens (tertiary/aromatic N) is 4. The molecule has 28 heavy (non-hydrogen) atoms. The third-order valence-electron chi connectivity index (χ3n) is 4.52. The van der Waals surface area contributed by atoms with E-state index >= 15 is 0 Å². The first-order valence-electron chi connectivity index (χ1n) is 9.01. The molecule has 156 valence electrons. The summed E-state index contributed by atoms with van der Waals surface area (Å²) in [5, 5.41) is 6.53. The quantitative estimate of drug-likeness (QED) is 0.341. The van der Waals surface area contributed by atoms with Gasteiger partial charge < -0.3 is 19.9 Å². The zero-order chi connectivity index (χ0) is 20.0. The van der Waals surface area contributed by atoms with E-state index in [1.54, 1.807) is 25.5 Å². The van der Waals surface area contributed by atoms with E-state index < -0.39 is 0 Å². The van der Waals surface area contributed by atoms with Crippen LogP contribution in [-0.2, 0) is 17.8 Å². The molecule has 0 fully saturated rings. The molecule has 2 rings (SSSR count). The number of aromatic nitrogens is 1. The lowest BCUT2D eigenvalue weighted by Gasteiger charge is -2.22. The molecule has 1 atom stereocenters. The van der Waals surface area contributed by atoms with Crippen LogP contribution < -0.4 is 10.2 Å². The summed E-state index contributed by atoms with van der Waals surface area (Å²) < 4.78 is 5.34.